The van der Waals surface area contributed by atoms with Crippen LogP contribution in [0.5, 0.6) is 0 Å². The van der Waals surface area contributed by atoms with Crippen molar-refractivity contribution < 1.29 is 4.79 Å². The lowest BCUT2D eigenvalue weighted by molar-refractivity contribution is -0.134. The Morgan fingerprint density at radius 1 is 1.22 bits per heavy atom. The summed E-state index contributed by atoms with van der Waals surface area (Å²) in [7, 11) is 4.12. The number of rotatable bonds is 3. The molecule has 0 aromatic carbocycles. The van der Waals surface area contributed by atoms with Crippen molar-refractivity contribution in [3.63, 3.8) is 0 Å². The average molecular weight is 254 g/mol. The number of carbonyl (C=O) groups is 1. The summed E-state index contributed by atoms with van der Waals surface area (Å²) in [4.78, 5) is 18.8. The summed E-state index contributed by atoms with van der Waals surface area (Å²) in [5, 5.41) is 3.31. The van der Waals surface area contributed by atoms with Gasteiger partial charge in [0.05, 0.1) is 6.54 Å². The topological polar surface area (TPSA) is 38.8 Å². The summed E-state index contributed by atoms with van der Waals surface area (Å²) in [5.74, 6) is 0.284. The molecule has 2 fully saturated rings. The molecule has 0 aromatic rings. The molecule has 2 heterocycles. The summed E-state index contributed by atoms with van der Waals surface area (Å²) in [6.45, 7) is 6.80. The lowest BCUT2D eigenvalue weighted by Crippen LogP contribution is -2.51. The third kappa shape index (κ3) is 3.67. The molecular formula is C13H26N4O. The van der Waals surface area contributed by atoms with Gasteiger partial charge in [0.2, 0.25) is 5.91 Å². The molecule has 2 rings (SSSR count). The molecule has 1 N–H and O–H groups in total. The van der Waals surface area contributed by atoms with Crippen molar-refractivity contribution in [3.8, 4) is 0 Å². The Balaban J connectivity index is 1.77. The predicted molar refractivity (Wildman–Crippen MR) is 72.6 cm³/mol. The Hall–Kier alpha value is -0.650. The monoisotopic (exact) mass is 254 g/mol. The summed E-state index contributed by atoms with van der Waals surface area (Å²) < 4.78 is 0. The molecule has 0 aliphatic carbocycles. The number of piperazine rings is 1. The summed E-state index contributed by atoms with van der Waals surface area (Å²) in [6.07, 6.45) is 2.22. The van der Waals surface area contributed by atoms with Gasteiger partial charge in [-0.25, -0.2) is 0 Å². The van der Waals surface area contributed by atoms with E-state index in [1.165, 1.54) is 0 Å². The molecule has 5 nitrogen and oxygen atoms in total. The first-order chi connectivity index (χ1) is 8.66. The maximum atomic E-state index is 12.2. The highest BCUT2D eigenvalue weighted by atomic mass is 16.2. The van der Waals surface area contributed by atoms with Crippen molar-refractivity contribution in [3.05, 3.63) is 0 Å². The fourth-order valence-corrected chi connectivity index (χ4v) is 2.76. The van der Waals surface area contributed by atoms with Gasteiger partial charge in [-0.1, -0.05) is 0 Å². The van der Waals surface area contributed by atoms with Crippen molar-refractivity contribution in [2.45, 2.75) is 18.9 Å². The average Bonchev–Trinajstić information content (AvgIpc) is 2.40. The summed E-state index contributed by atoms with van der Waals surface area (Å²) in [6, 6.07) is 0.441. The van der Waals surface area contributed by atoms with Gasteiger partial charge in [-0.2, -0.15) is 0 Å². The first-order valence-corrected chi connectivity index (χ1v) is 7.04. The molecule has 2 saturated heterocycles. The number of carbonyl (C=O) groups excluding carboxylic acids is 1. The van der Waals surface area contributed by atoms with Crippen molar-refractivity contribution >= 4 is 5.91 Å². The van der Waals surface area contributed by atoms with Crippen LogP contribution in [0.4, 0.5) is 0 Å². The molecule has 2 aliphatic rings. The zero-order valence-electron chi connectivity index (χ0n) is 11.7. The first-order valence-electron chi connectivity index (χ1n) is 7.04. The SMILES string of the molecule is CN1CCC(N(C)C(=O)CN2CCNCC2)CC1. The summed E-state index contributed by atoms with van der Waals surface area (Å²) in [5.41, 5.74) is 0. The van der Waals surface area contributed by atoms with Crippen LogP contribution in [0.2, 0.25) is 0 Å². The maximum Gasteiger partial charge on any atom is 0.236 e. The Morgan fingerprint density at radius 3 is 2.44 bits per heavy atom. The number of hydrogen-bond donors (Lipinski definition) is 1. The minimum absolute atomic E-state index is 0.284. The van der Waals surface area contributed by atoms with Crippen LogP contribution >= 0.6 is 0 Å². The van der Waals surface area contributed by atoms with E-state index in [0.29, 0.717) is 12.6 Å². The van der Waals surface area contributed by atoms with Crippen molar-refractivity contribution in [1.29, 1.82) is 0 Å². The van der Waals surface area contributed by atoms with E-state index in [2.05, 4.69) is 22.2 Å². The number of likely N-dealkylation sites (tertiary alicyclic amines) is 1. The molecule has 0 spiro atoms. The third-order valence-electron chi connectivity index (χ3n) is 4.20. The molecule has 5 heteroatoms. The van der Waals surface area contributed by atoms with Gasteiger partial charge in [0.15, 0.2) is 0 Å². The van der Waals surface area contributed by atoms with Gasteiger partial charge in [0.1, 0.15) is 0 Å². The van der Waals surface area contributed by atoms with Crippen molar-refractivity contribution in [2.75, 3.05) is 59.9 Å². The molecule has 0 radical (unpaired) electrons. The van der Waals surface area contributed by atoms with E-state index in [9.17, 15) is 4.79 Å². The Bertz CT molecular complexity index is 270. The highest BCUT2D eigenvalue weighted by Gasteiger charge is 2.25. The van der Waals surface area contributed by atoms with Crippen LogP contribution in [0.3, 0.4) is 0 Å². The molecule has 0 saturated carbocycles. The molecule has 0 bridgehead atoms. The zero-order valence-corrected chi connectivity index (χ0v) is 11.7. The van der Waals surface area contributed by atoms with E-state index in [4.69, 9.17) is 0 Å². The standard InChI is InChI=1S/C13H26N4O/c1-15-7-3-12(4-8-15)16(2)13(18)11-17-9-5-14-6-10-17/h12,14H,3-11H2,1-2H3. The summed E-state index contributed by atoms with van der Waals surface area (Å²) >= 11 is 0. The second-order valence-electron chi connectivity index (χ2n) is 5.57. The van der Waals surface area contributed by atoms with Crippen LogP contribution in [-0.4, -0.2) is 86.6 Å². The minimum atomic E-state index is 0.284. The Labute approximate surface area is 110 Å². The van der Waals surface area contributed by atoms with Crippen molar-refractivity contribution in [2.24, 2.45) is 0 Å². The molecule has 0 unspecified atom stereocenters. The number of likely N-dealkylation sites (N-methyl/N-ethyl adjacent to an activating group) is 1. The number of nitrogens with one attached hydrogen (secondary N) is 1. The molecule has 18 heavy (non-hydrogen) atoms. The van der Waals surface area contributed by atoms with E-state index < -0.39 is 0 Å². The smallest absolute Gasteiger partial charge is 0.236 e. The fraction of sp³-hybridized carbons (Fsp3) is 0.923. The highest BCUT2D eigenvalue weighted by Crippen LogP contribution is 2.14. The van der Waals surface area contributed by atoms with E-state index in [1.54, 1.807) is 0 Å². The van der Waals surface area contributed by atoms with Gasteiger partial charge in [-0.05, 0) is 33.0 Å². The van der Waals surface area contributed by atoms with E-state index in [0.717, 1.165) is 52.1 Å². The Morgan fingerprint density at radius 2 is 1.83 bits per heavy atom. The third-order valence-corrected chi connectivity index (χ3v) is 4.20. The van der Waals surface area contributed by atoms with Crippen LogP contribution in [0, 0.1) is 0 Å². The molecular weight excluding hydrogens is 228 g/mol. The predicted octanol–water partition coefficient (Wildman–Crippen LogP) is -0.556. The maximum absolute atomic E-state index is 12.2. The van der Waals surface area contributed by atoms with Crippen LogP contribution in [0.25, 0.3) is 0 Å². The van der Waals surface area contributed by atoms with Crippen LogP contribution < -0.4 is 5.32 Å². The minimum Gasteiger partial charge on any atom is -0.342 e. The van der Waals surface area contributed by atoms with Gasteiger partial charge < -0.3 is 15.1 Å². The molecule has 1 amide bonds. The normalized spacial score (nSPS) is 24.1. The molecule has 104 valence electrons. The number of amides is 1. The second kappa shape index (κ2) is 6.50. The van der Waals surface area contributed by atoms with E-state index in [1.807, 2.05) is 11.9 Å². The second-order valence-corrected chi connectivity index (χ2v) is 5.57. The lowest BCUT2D eigenvalue weighted by atomic mass is 10.0. The highest BCUT2D eigenvalue weighted by molar-refractivity contribution is 5.78. The van der Waals surface area contributed by atoms with Gasteiger partial charge in [-0.15, -0.1) is 0 Å². The Kier molecular flexibility index (Phi) is 4.97. The number of hydrogen-bond acceptors (Lipinski definition) is 4. The zero-order chi connectivity index (χ0) is 13.0. The molecule has 0 atom stereocenters. The van der Waals surface area contributed by atoms with Gasteiger partial charge >= 0.3 is 0 Å². The van der Waals surface area contributed by atoms with Crippen molar-refractivity contribution in [1.82, 2.24) is 20.0 Å². The molecule has 0 aromatic heterocycles. The van der Waals surface area contributed by atoms with Crippen LogP contribution in [0.1, 0.15) is 12.8 Å². The van der Waals surface area contributed by atoms with Crippen LogP contribution in [0.15, 0.2) is 0 Å². The largest absolute Gasteiger partial charge is 0.342 e. The van der Waals surface area contributed by atoms with Gasteiger partial charge in [0, 0.05) is 39.3 Å². The quantitative estimate of drug-likeness (QED) is 0.733. The van der Waals surface area contributed by atoms with E-state index in [-0.39, 0.29) is 5.91 Å². The van der Waals surface area contributed by atoms with Gasteiger partial charge in [-0.3, -0.25) is 9.69 Å². The lowest BCUT2D eigenvalue weighted by Gasteiger charge is -2.36. The van der Waals surface area contributed by atoms with E-state index >= 15 is 0 Å². The molecule has 2 aliphatic heterocycles. The van der Waals surface area contributed by atoms with Crippen LogP contribution in [-0.2, 0) is 4.79 Å². The van der Waals surface area contributed by atoms with Gasteiger partial charge in [0.25, 0.3) is 0 Å². The first kappa shape index (κ1) is 13.8. The number of nitrogens with zero attached hydrogens (tertiary/aromatic N) is 3. The number of piperidine rings is 1. The fourth-order valence-electron chi connectivity index (χ4n) is 2.76.